The minimum atomic E-state index is -0.0621. The van der Waals surface area contributed by atoms with Gasteiger partial charge in [-0.05, 0) is 46.9 Å². The standard InChI is InChI=1S/C18H20N2O2/c1-3-5-12-10-16(13-6-8-14(21)9-7-13)15(4-2)17(11-12)18(19)20-22/h4,6-11,21-22H,2-3,5H2,1H3,(H2,19,20). The molecule has 0 aliphatic heterocycles. The fraction of sp³-hybridized carbons (Fsp3) is 0.167. The van der Waals surface area contributed by atoms with Crippen molar-refractivity contribution in [3.05, 3.63) is 59.7 Å². The molecule has 0 aromatic heterocycles. The minimum Gasteiger partial charge on any atom is -0.508 e. The highest BCUT2D eigenvalue weighted by Gasteiger charge is 2.13. The summed E-state index contributed by atoms with van der Waals surface area (Å²) >= 11 is 0. The lowest BCUT2D eigenvalue weighted by atomic mass is 9.91. The summed E-state index contributed by atoms with van der Waals surface area (Å²) < 4.78 is 0. The van der Waals surface area contributed by atoms with Gasteiger partial charge < -0.3 is 5.11 Å². The summed E-state index contributed by atoms with van der Waals surface area (Å²) in [7, 11) is 0. The highest BCUT2D eigenvalue weighted by molar-refractivity contribution is 6.01. The zero-order valence-electron chi connectivity index (χ0n) is 12.6. The number of rotatable bonds is 5. The molecule has 0 amide bonds. The molecule has 0 heterocycles. The Morgan fingerprint density at radius 3 is 2.50 bits per heavy atom. The molecule has 0 saturated carbocycles. The number of hydrogen-bond donors (Lipinski definition) is 4. The second kappa shape index (κ2) is 6.91. The number of benzene rings is 2. The lowest BCUT2D eigenvalue weighted by Gasteiger charge is -2.15. The molecule has 22 heavy (non-hydrogen) atoms. The van der Waals surface area contributed by atoms with Crippen LogP contribution in [0.4, 0.5) is 0 Å². The highest BCUT2D eigenvalue weighted by atomic mass is 16.5. The third-order valence-electron chi connectivity index (χ3n) is 3.54. The Balaban J connectivity index is 2.68. The molecule has 2 aromatic rings. The van der Waals surface area contributed by atoms with E-state index in [-0.39, 0.29) is 11.6 Å². The molecular formula is C18H20N2O2. The van der Waals surface area contributed by atoms with Gasteiger partial charge in [0.15, 0.2) is 0 Å². The summed E-state index contributed by atoms with van der Waals surface area (Å²) in [5.74, 6) is 0.145. The summed E-state index contributed by atoms with van der Waals surface area (Å²) in [5.41, 5.74) is 6.23. The molecule has 0 aliphatic carbocycles. The fourth-order valence-electron chi connectivity index (χ4n) is 2.51. The van der Waals surface area contributed by atoms with Gasteiger partial charge in [0.05, 0.1) is 0 Å². The van der Waals surface area contributed by atoms with E-state index >= 15 is 0 Å². The zero-order chi connectivity index (χ0) is 16.1. The number of phenols is 1. The lowest BCUT2D eigenvalue weighted by molar-refractivity contribution is 0.234. The minimum absolute atomic E-state index is 0.0621. The maximum Gasteiger partial charge on any atom is 0.149 e. The predicted octanol–water partition coefficient (Wildman–Crippen LogP) is 3.96. The number of hydrogen-bond acceptors (Lipinski definition) is 3. The van der Waals surface area contributed by atoms with Gasteiger partial charge in [0, 0.05) is 5.56 Å². The number of hydroxylamine groups is 1. The average Bonchev–Trinajstić information content (AvgIpc) is 2.54. The van der Waals surface area contributed by atoms with Crippen LogP contribution in [0.25, 0.3) is 17.2 Å². The fourth-order valence-corrected chi connectivity index (χ4v) is 2.51. The lowest BCUT2D eigenvalue weighted by Crippen LogP contribution is -2.20. The molecule has 0 spiro atoms. The van der Waals surface area contributed by atoms with Gasteiger partial charge in [-0.2, -0.15) is 0 Å². The second-order valence-electron chi connectivity index (χ2n) is 5.09. The van der Waals surface area contributed by atoms with Crippen molar-refractivity contribution in [2.24, 2.45) is 0 Å². The molecule has 0 radical (unpaired) electrons. The van der Waals surface area contributed by atoms with E-state index in [0.717, 1.165) is 35.1 Å². The van der Waals surface area contributed by atoms with Gasteiger partial charge in [-0.15, -0.1) is 0 Å². The largest absolute Gasteiger partial charge is 0.508 e. The SMILES string of the molecule is C=Cc1c(C(=N)NO)cc(CCC)cc1-c1ccc(O)cc1. The van der Waals surface area contributed by atoms with Crippen LogP contribution in [0.1, 0.15) is 30.0 Å². The third-order valence-corrected chi connectivity index (χ3v) is 3.54. The van der Waals surface area contributed by atoms with Gasteiger partial charge in [-0.25, -0.2) is 0 Å². The van der Waals surface area contributed by atoms with Crippen molar-refractivity contribution in [2.45, 2.75) is 19.8 Å². The van der Waals surface area contributed by atoms with E-state index in [1.165, 1.54) is 0 Å². The number of aryl methyl sites for hydroxylation is 1. The normalized spacial score (nSPS) is 10.3. The van der Waals surface area contributed by atoms with Crippen LogP contribution in [0, 0.1) is 5.41 Å². The van der Waals surface area contributed by atoms with Crippen molar-refractivity contribution in [3.8, 4) is 16.9 Å². The van der Waals surface area contributed by atoms with E-state index in [0.29, 0.717) is 5.56 Å². The van der Waals surface area contributed by atoms with Gasteiger partial charge in [-0.3, -0.25) is 16.1 Å². The molecule has 2 rings (SSSR count). The van der Waals surface area contributed by atoms with E-state index in [2.05, 4.69) is 19.6 Å². The van der Waals surface area contributed by atoms with Crippen molar-refractivity contribution in [1.29, 1.82) is 5.41 Å². The van der Waals surface area contributed by atoms with Crippen molar-refractivity contribution < 1.29 is 10.3 Å². The Morgan fingerprint density at radius 1 is 1.27 bits per heavy atom. The third kappa shape index (κ3) is 3.18. The Labute approximate surface area is 130 Å². The summed E-state index contributed by atoms with van der Waals surface area (Å²) in [5, 5.41) is 26.4. The first-order chi connectivity index (χ1) is 10.6. The average molecular weight is 296 g/mol. The smallest absolute Gasteiger partial charge is 0.149 e. The first-order valence-electron chi connectivity index (χ1n) is 7.18. The maximum absolute atomic E-state index is 9.45. The van der Waals surface area contributed by atoms with Crippen molar-refractivity contribution >= 4 is 11.9 Å². The summed E-state index contributed by atoms with van der Waals surface area (Å²) in [6.45, 7) is 5.93. The molecule has 114 valence electrons. The highest BCUT2D eigenvalue weighted by Crippen LogP contribution is 2.30. The first kappa shape index (κ1) is 15.8. The summed E-state index contributed by atoms with van der Waals surface area (Å²) in [6.07, 6.45) is 3.55. The summed E-state index contributed by atoms with van der Waals surface area (Å²) in [6, 6.07) is 10.9. The van der Waals surface area contributed by atoms with Gasteiger partial charge in [0.1, 0.15) is 11.6 Å². The Hall–Kier alpha value is -2.59. The van der Waals surface area contributed by atoms with Crippen LogP contribution in [-0.4, -0.2) is 16.1 Å². The molecule has 0 bridgehead atoms. The molecule has 0 saturated heterocycles. The predicted molar refractivity (Wildman–Crippen MR) is 89.4 cm³/mol. The Morgan fingerprint density at radius 2 is 1.95 bits per heavy atom. The zero-order valence-corrected chi connectivity index (χ0v) is 12.6. The molecule has 0 atom stereocenters. The van der Waals surface area contributed by atoms with Gasteiger partial charge >= 0.3 is 0 Å². The van der Waals surface area contributed by atoms with Gasteiger partial charge in [-0.1, -0.05) is 44.2 Å². The van der Waals surface area contributed by atoms with E-state index in [9.17, 15) is 5.11 Å². The molecule has 4 N–H and O–H groups in total. The molecule has 0 aliphatic rings. The van der Waals surface area contributed by atoms with Gasteiger partial charge in [0.25, 0.3) is 0 Å². The maximum atomic E-state index is 9.45. The molecule has 4 heteroatoms. The van der Waals surface area contributed by atoms with E-state index < -0.39 is 0 Å². The second-order valence-corrected chi connectivity index (χ2v) is 5.09. The topological polar surface area (TPSA) is 76.3 Å². The van der Waals surface area contributed by atoms with E-state index in [1.54, 1.807) is 18.2 Å². The van der Waals surface area contributed by atoms with Crippen molar-refractivity contribution in [2.75, 3.05) is 0 Å². The number of aromatic hydroxyl groups is 1. The molecule has 0 unspecified atom stereocenters. The van der Waals surface area contributed by atoms with E-state index in [1.807, 2.05) is 23.7 Å². The quantitative estimate of drug-likeness (QED) is 0.383. The van der Waals surface area contributed by atoms with Crippen LogP contribution in [-0.2, 0) is 6.42 Å². The number of nitrogens with one attached hydrogen (secondary N) is 2. The van der Waals surface area contributed by atoms with Crippen LogP contribution in [0.15, 0.2) is 43.0 Å². The van der Waals surface area contributed by atoms with Crippen molar-refractivity contribution in [3.63, 3.8) is 0 Å². The van der Waals surface area contributed by atoms with Crippen LogP contribution in [0.5, 0.6) is 5.75 Å². The van der Waals surface area contributed by atoms with Crippen LogP contribution >= 0.6 is 0 Å². The monoisotopic (exact) mass is 296 g/mol. The van der Waals surface area contributed by atoms with Crippen LogP contribution in [0.2, 0.25) is 0 Å². The van der Waals surface area contributed by atoms with Gasteiger partial charge in [0.2, 0.25) is 0 Å². The molecule has 2 aromatic carbocycles. The van der Waals surface area contributed by atoms with Crippen molar-refractivity contribution in [1.82, 2.24) is 5.48 Å². The summed E-state index contributed by atoms with van der Waals surface area (Å²) in [4.78, 5) is 0. The van der Waals surface area contributed by atoms with Crippen LogP contribution < -0.4 is 5.48 Å². The van der Waals surface area contributed by atoms with E-state index in [4.69, 9.17) is 10.6 Å². The van der Waals surface area contributed by atoms with Crippen LogP contribution in [0.3, 0.4) is 0 Å². The number of phenolic OH excluding ortho intramolecular Hbond substituents is 1. The number of amidine groups is 1. The Bertz CT molecular complexity index is 691. The molecule has 0 fully saturated rings. The molecular weight excluding hydrogens is 276 g/mol. The molecule has 4 nitrogen and oxygen atoms in total. The first-order valence-corrected chi connectivity index (χ1v) is 7.18. The Kier molecular flexibility index (Phi) is 4.96.